The van der Waals surface area contributed by atoms with Crippen LogP contribution < -0.4 is 9.80 Å². The first-order chi connectivity index (χ1) is 13.8. The lowest BCUT2D eigenvalue weighted by Crippen LogP contribution is -2.53. The summed E-state index contributed by atoms with van der Waals surface area (Å²) in [6.07, 6.45) is 7.00. The fraction of sp³-hybridized carbons (Fsp3) is 0.333. The van der Waals surface area contributed by atoms with Crippen LogP contribution in [0.15, 0.2) is 54.9 Å². The zero-order chi connectivity index (χ0) is 18.9. The van der Waals surface area contributed by atoms with E-state index in [0.717, 1.165) is 30.0 Å². The van der Waals surface area contributed by atoms with Gasteiger partial charge < -0.3 is 9.80 Å². The Morgan fingerprint density at radius 3 is 2.79 bits per heavy atom. The molecule has 0 aliphatic carbocycles. The van der Waals surface area contributed by atoms with Gasteiger partial charge in [-0.05, 0) is 43.5 Å². The van der Waals surface area contributed by atoms with E-state index in [4.69, 9.17) is 0 Å². The van der Waals surface area contributed by atoms with E-state index in [0.29, 0.717) is 24.8 Å². The third-order valence-corrected chi connectivity index (χ3v) is 5.56. The summed E-state index contributed by atoms with van der Waals surface area (Å²) in [6.45, 7) is 2.25. The van der Waals surface area contributed by atoms with Crippen LogP contribution in [0.4, 0.5) is 11.4 Å². The van der Waals surface area contributed by atoms with Gasteiger partial charge >= 0.3 is 0 Å². The van der Waals surface area contributed by atoms with Gasteiger partial charge in [-0.1, -0.05) is 23.4 Å². The lowest BCUT2D eigenvalue weighted by atomic mass is 9.97. The van der Waals surface area contributed by atoms with Crippen LogP contribution in [0.25, 0.3) is 0 Å². The Bertz CT molecular complexity index is 985. The number of rotatable bonds is 3. The topological polar surface area (TPSA) is 67.2 Å². The van der Waals surface area contributed by atoms with E-state index in [2.05, 4.69) is 26.3 Å². The van der Waals surface area contributed by atoms with E-state index in [1.54, 1.807) is 17.1 Å². The maximum Gasteiger partial charge on any atom is 0.280 e. The number of carbonyl (C=O) groups is 1. The highest BCUT2D eigenvalue weighted by molar-refractivity contribution is 6.07. The fourth-order valence-corrected chi connectivity index (χ4v) is 4.21. The van der Waals surface area contributed by atoms with Crippen molar-refractivity contribution in [2.45, 2.75) is 31.8 Å². The standard InChI is InChI=1S/C21H22N6O/c28-21(18-15-25(24-23-18)13-16-7-3-5-11-22-16)27-14-17-8-4-6-12-26(17)19-9-1-2-10-20(19)27/h1-3,5,7,9-11,15,17H,4,6,8,12-14H2. The molecule has 1 saturated heterocycles. The molecule has 1 aromatic carbocycles. The number of hydrogen-bond donors (Lipinski definition) is 0. The van der Waals surface area contributed by atoms with Crippen molar-refractivity contribution in [1.82, 2.24) is 20.0 Å². The zero-order valence-electron chi connectivity index (χ0n) is 15.6. The van der Waals surface area contributed by atoms with Gasteiger partial charge in [-0.3, -0.25) is 9.78 Å². The number of benzene rings is 1. The first-order valence-electron chi connectivity index (χ1n) is 9.77. The van der Waals surface area contributed by atoms with Crippen LogP contribution >= 0.6 is 0 Å². The van der Waals surface area contributed by atoms with Gasteiger partial charge in [0, 0.05) is 25.3 Å². The number of fused-ring (bicyclic) bond motifs is 3. The Labute approximate surface area is 163 Å². The van der Waals surface area contributed by atoms with E-state index in [1.807, 2.05) is 41.3 Å². The molecule has 0 saturated carbocycles. The predicted molar refractivity (Wildman–Crippen MR) is 106 cm³/mol. The Morgan fingerprint density at radius 2 is 1.93 bits per heavy atom. The van der Waals surface area contributed by atoms with Crippen molar-refractivity contribution >= 4 is 17.3 Å². The molecular weight excluding hydrogens is 352 g/mol. The number of anilines is 2. The highest BCUT2D eigenvalue weighted by Gasteiger charge is 2.35. The van der Waals surface area contributed by atoms with Crippen molar-refractivity contribution in [1.29, 1.82) is 0 Å². The predicted octanol–water partition coefficient (Wildman–Crippen LogP) is 2.74. The molecule has 2 aliphatic heterocycles. The Morgan fingerprint density at radius 1 is 1.07 bits per heavy atom. The summed E-state index contributed by atoms with van der Waals surface area (Å²) >= 11 is 0. The molecule has 5 rings (SSSR count). The molecule has 2 aliphatic rings. The van der Waals surface area contributed by atoms with Gasteiger partial charge in [-0.2, -0.15) is 0 Å². The molecule has 0 radical (unpaired) electrons. The third-order valence-electron chi connectivity index (χ3n) is 5.56. The number of para-hydroxylation sites is 2. The molecule has 0 bridgehead atoms. The van der Waals surface area contributed by atoms with E-state index < -0.39 is 0 Å². The number of piperidine rings is 1. The lowest BCUT2D eigenvalue weighted by molar-refractivity contribution is 0.0978. The SMILES string of the molecule is O=C(c1cn(Cc2ccccn2)nn1)N1CC2CCCCN2c2ccccc21. The molecule has 7 nitrogen and oxygen atoms in total. The average molecular weight is 374 g/mol. The number of aromatic nitrogens is 4. The van der Waals surface area contributed by atoms with Crippen LogP contribution in [0.1, 0.15) is 35.4 Å². The number of amides is 1. The number of pyridine rings is 1. The molecule has 28 heavy (non-hydrogen) atoms. The van der Waals surface area contributed by atoms with Gasteiger partial charge in [-0.15, -0.1) is 5.10 Å². The normalized spacial score (nSPS) is 18.5. The maximum absolute atomic E-state index is 13.3. The Balaban J connectivity index is 1.42. The van der Waals surface area contributed by atoms with Gasteiger partial charge in [0.15, 0.2) is 5.69 Å². The molecule has 0 N–H and O–H groups in total. The summed E-state index contributed by atoms with van der Waals surface area (Å²) in [5.41, 5.74) is 3.36. The van der Waals surface area contributed by atoms with Crippen molar-refractivity contribution in [3.8, 4) is 0 Å². The van der Waals surface area contributed by atoms with Crippen molar-refractivity contribution in [2.24, 2.45) is 0 Å². The summed E-state index contributed by atoms with van der Waals surface area (Å²) in [5, 5.41) is 8.28. The zero-order valence-corrected chi connectivity index (χ0v) is 15.6. The molecular formula is C21H22N6O. The molecule has 1 unspecified atom stereocenters. The average Bonchev–Trinajstić information content (AvgIpc) is 3.22. The number of carbonyl (C=O) groups excluding carboxylic acids is 1. The Kier molecular flexibility index (Phi) is 4.27. The minimum absolute atomic E-state index is 0.0926. The van der Waals surface area contributed by atoms with Crippen LogP contribution in [-0.2, 0) is 6.54 Å². The van der Waals surface area contributed by atoms with Gasteiger partial charge in [0.25, 0.3) is 5.91 Å². The van der Waals surface area contributed by atoms with E-state index in [-0.39, 0.29) is 5.91 Å². The largest absolute Gasteiger partial charge is 0.365 e. The molecule has 2 aromatic heterocycles. The molecule has 3 aromatic rings. The number of nitrogens with zero attached hydrogens (tertiary/aromatic N) is 6. The Hall–Kier alpha value is -3.22. The van der Waals surface area contributed by atoms with Crippen molar-refractivity contribution < 1.29 is 4.79 Å². The first kappa shape index (κ1) is 16.9. The van der Waals surface area contributed by atoms with Crippen LogP contribution in [0.3, 0.4) is 0 Å². The summed E-state index contributed by atoms with van der Waals surface area (Å²) in [7, 11) is 0. The van der Waals surface area contributed by atoms with E-state index >= 15 is 0 Å². The summed E-state index contributed by atoms with van der Waals surface area (Å²) in [4.78, 5) is 21.9. The second-order valence-corrected chi connectivity index (χ2v) is 7.37. The summed E-state index contributed by atoms with van der Waals surface area (Å²) in [5.74, 6) is -0.0926. The van der Waals surface area contributed by atoms with Crippen molar-refractivity contribution in [2.75, 3.05) is 22.9 Å². The van der Waals surface area contributed by atoms with Crippen LogP contribution in [0.5, 0.6) is 0 Å². The van der Waals surface area contributed by atoms with Gasteiger partial charge in [0.1, 0.15) is 0 Å². The van der Waals surface area contributed by atoms with Crippen LogP contribution in [0.2, 0.25) is 0 Å². The molecule has 1 fully saturated rings. The highest BCUT2D eigenvalue weighted by Crippen LogP contribution is 2.38. The van der Waals surface area contributed by atoms with Gasteiger partial charge in [0.05, 0.1) is 29.8 Å². The lowest BCUT2D eigenvalue weighted by Gasteiger charge is -2.46. The fourth-order valence-electron chi connectivity index (χ4n) is 4.21. The van der Waals surface area contributed by atoms with Gasteiger partial charge in [-0.25, -0.2) is 4.68 Å². The first-order valence-corrected chi connectivity index (χ1v) is 9.77. The summed E-state index contributed by atoms with van der Waals surface area (Å²) in [6, 6.07) is 14.3. The second-order valence-electron chi connectivity index (χ2n) is 7.37. The van der Waals surface area contributed by atoms with Crippen molar-refractivity contribution in [3.05, 3.63) is 66.2 Å². The van der Waals surface area contributed by atoms with Crippen LogP contribution in [-0.4, -0.2) is 45.0 Å². The summed E-state index contributed by atoms with van der Waals surface area (Å²) < 4.78 is 1.67. The maximum atomic E-state index is 13.3. The minimum Gasteiger partial charge on any atom is -0.365 e. The molecule has 1 amide bonds. The van der Waals surface area contributed by atoms with E-state index in [1.165, 1.54) is 12.8 Å². The third kappa shape index (κ3) is 3.02. The van der Waals surface area contributed by atoms with Gasteiger partial charge in [0.2, 0.25) is 0 Å². The molecule has 7 heteroatoms. The minimum atomic E-state index is -0.0926. The van der Waals surface area contributed by atoms with E-state index in [9.17, 15) is 4.79 Å². The monoisotopic (exact) mass is 374 g/mol. The van der Waals surface area contributed by atoms with Crippen LogP contribution in [0, 0.1) is 0 Å². The quantitative estimate of drug-likeness (QED) is 0.705. The molecule has 4 heterocycles. The smallest absolute Gasteiger partial charge is 0.280 e. The second kappa shape index (κ2) is 7.07. The highest BCUT2D eigenvalue weighted by atomic mass is 16.2. The molecule has 1 atom stereocenters. The molecule has 0 spiro atoms. The van der Waals surface area contributed by atoms with Crippen molar-refractivity contribution in [3.63, 3.8) is 0 Å². The molecule has 142 valence electrons. The number of hydrogen-bond acceptors (Lipinski definition) is 5.